The summed E-state index contributed by atoms with van der Waals surface area (Å²) in [7, 11) is 0. The smallest absolute Gasteiger partial charge is 0.253 e. The summed E-state index contributed by atoms with van der Waals surface area (Å²) in [6.45, 7) is 4.88. The largest absolute Gasteiger partial charge is 0.348 e. The van der Waals surface area contributed by atoms with Crippen LogP contribution in [0, 0.1) is 6.92 Å². The van der Waals surface area contributed by atoms with Crippen LogP contribution in [0.1, 0.15) is 44.7 Å². The first-order chi connectivity index (χ1) is 14.1. The highest BCUT2D eigenvalue weighted by Crippen LogP contribution is 2.31. The quantitative estimate of drug-likeness (QED) is 0.866. The van der Waals surface area contributed by atoms with Gasteiger partial charge in [-0.15, -0.1) is 0 Å². The van der Waals surface area contributed by atoms with E-state index in [9.17, 15) is 9.59 Å². The van der Waals surface area contributed by atoms with E-state index in [1.54, 1.807) is 29.2 Å². The minimum Gasteiger partial charge on any atom is -0.348 e. The van der Waals surface area contributed by atoms with E-state index in [1.807, 2.05) is 31.2 Å². The maximum absolute atomic E-state index is 12.9. The van der Waals surface area contributed by atoms with Gasteiger partial charge in [0.15, 0.2) is 5.79 Å². The topological polar surface area (TPSA) is 67.9 Å². The molecule has 2 saturated heterocycles. The third kappa shape index (κ3) is 4.33. The summed E-state index contributed by atoms with van der Waals surface area (Å²) in [5.41, 5.74) is 3.22. The van der Waals surface area contributed by atoms with Gasteiger partial charge in [0.25, 0.3) is 11.8 Å². The van der Waals surface area contributed by atoms with Gasteiger partial charge in [0.2, 0.25) is 0 Å². The molecule has 6 heteroatoms. The Morgan fingerprint density at radius 3 is 2.41 bits per heavy atom. The molecule has 0 aliphatic carbocycles. The zero-order chi connectivity index (χ0) is 20.3. The maximum atomic E-state index is 12.9. The van der Waals surface area contributed by atoms with E-state index in [2.05, 4.69) is 5.32 Å². The van der Waals surface area contributed by atoms with E-state index in [0.29, 0.717) is 56.8 Å². The Labute approximate surface area is 170 Å². The summed E-state index contributed by atoms with van der Waals surface area (Å²) >= 11 is 0. The van der Waals surface area contributed by atoms with Crippen molar-refractivity contribution in [2.75, 3.05) is 26.3 Å². The molecule has 2 fully saturated rings. The van der Waals surface area contributed by atoms with Crippen molar-refractivity contribution in [2.24, 2.45) is 0 Å². The predicted octanol–water partition coefficient (Wildman–Crippen LogP) is 2.90. The van der Waals surface area contributed by atoms with Crippen LogP contribution < -0.4 is 5.32 Å². The average molecular weight is 394 g/mol. The van der Waals surface area contributed by atoms with Crippen LogP contribution >= 0.6 is 0 Å². The molecule has 4 rings (SSSR count). The van der Waals surface area contributed by atoms with Crippen molar-refractivity contribution < 1.29 is 19.1 Å². The molecule has 29 heavy (non-hydrogen) atoms. The summed E-state index contributed by atoms with van der Waals surface area (Å²) in [6, 6.07) is 14.9. The van der Waals surface area contributed by atoms with Crippen molar-refractivity contribution in [3.63, 3.8) is 0 Å². The molecule has 2 aliphatic heterocycles. The normalized spacial score (nSPS) is 18.0. The number of carbonyl (C=O) groups is 2. The first kappa shape index (κ1) is 19.6. The molecule has 1 spiro atoms. The van der Waals surface area contributed by atoms with Crippen molar-refractivity contribution in [1.29, 1.82) is 0 Å². The van der Waals surface area contributed by atoms with E-state index < -0.39 is 5.79 Å². The Bertz CT molecular complexity index is 895. The molecule has 0 unspecified atom stereocenters. The molecule has 2 aliphatic rings. The van der Waals surface area contributed by atoms with Crippen molar-refractivity contribution in [3.8, 4) is 0 Å². The Balaban J connectivity index is 1.38. The zero-order valence-corrected chi connectivity index (χ0v) is 16.6. The second kappa shape index (κ2) is 8.35. The molecule has 0 radical (unpaired) electrons. The van der Waals surface area contributed by atoms with Crippen molar-refractivity contribution in [1.82, 2.24) is 10.2 Å². The fourth-order valence-electron chi connectivity index (χ4n) is 3.90. The van der Waals surface area contributed by atoms with Crippen LogP contribution in [0.4, 0.5) is 0 Å². The van der Waals surface area contributed by atoms with Gasteiger partial charge in [-0.2, -0.15) is 0 Å². The molecule has 2 amide bonds. The molecular formula is C23H26N2O4. The SMILES string of the molecule is Cc1ccccc1CNC(=O)c1cccc(C(=O)N2CCC3(CC2)OCCO3)c1. The molecular weight excluding hydrogens is 368 g/mol. The van der Waals surface area contributed by atoms with Crippen molar-refractivity contribution in [2.45, 2.75) is 32.1 Å². The van der Waals surface area contributed by atoms with Crippen molar-refractivity contribution >= 4 is 11.8 Å². The maximum Gasteiger partial charge on any atom is 0.253 e. The van der Waals surface area contributed by atoms with Crippen LogP contribution in [0.3, 0.4) is 0 Å². The van der Waals surface area contributed by atoms with Gasteiger partial charge in [-0.3, -0.25) is 9.59 Å². The van der Waals surface area contributed by atoms with Gasteiger partial charge in [0, 0.05) is 43.6 Å². The lowest BCUT2D eigenvalue weighted by Gasteiger charge is -2.37. The molecule has 1 N–H and O–H groups in total. The van der Waals surface area contributed by atoms with Crippen molar-refractivity contribution in [3.05, 3.63) is 70.8 Å². The number of benzene rings is 2. The second-order valence-corrected chi connectivity index (χ2v) is 7.59. The standard InChI is InChI=1S/C23H26N2O4/c1-17-5-2-3-6-20(17)16-24-21(26)18-7-4-8-19(15-18)22(27)25-11-9-23(10-12-25)28-13-14-29-23/h2-8,15H,9-14,16H2,1H3,(H,24,26). The number of nitrogens with zero attached hydrogens (tertiary/aromatic N) is 1. The fourth-order valence-corrected chi connectivity index (χ4v) is 3.90. The van der Waals surface area contributed by atoms with Gasteiger partial charge in [-0.05, 0) is 36.2 Å². The number of nitrogens with one attached hydrogen (secondary N) is 1. The number of aryl methyl sites for hydroxylation is 1. The van der Waals surface area contributed by atoms with E-state index in [0.717, 1.165) is 11.1 Å². The Morgan fingerprint density at radius 2 is 1.69 bits per heavy atom. The van der Waals surface area contributed by atoms with Crippen LogP contribution in [0.2, 0.25) is 0 Å². The van der Waals surface area contributed by atoms with Crippen LogP contribution in [0.25, 0.3) is 0 Å². The molecule has 2 heterocycles. The monoisotopic (exact) mass is 394 g/mol. The number of likely N-dealkylation sites (tertiary alicyclic amines) is 1. The number of hydrogen-bond acceptors (Lipinski definition) is 4. The molecule has 0 aromatic heterocycles. The minimum atomic E-state index is -0.506. The Hall–Kier alpha value is -2.70. The van der Waals surface area contributed by atoms with Gasteiger partial charge in [-0.1, -0.05) is 30.3 Å². The number of piperidine rings is 1. The third-order valence-corrected chi connectivity index (χ3v) is 5.70. The van der Waals surface area contributed by atoms with Crippen LogP contribution in [0.15, 0.2) is 48.5 Å². The third-order valence-electron chi connectivity index (χ3n) is 5.70. The van der Waals surface area contributed by atoms with Crippen LogP contribution in [-0.4, -0.2) is 48.8 Å². The average Bonchev–Trinajstić information content (AvgIpc) is 3.21. The Kier molecular flexibility index (Phi) is 5.65. The summed E-state index contributed by atoms with van der Waals surface area (Å²) in [6.07, 6.45) is 1.35. The molecule has 2 aromatic rings. The summed E-state index contributed by atoms with van der Waals surface area (Å²) in [5, 5.41) is 2.94. The number of rotatable bonds is 4. The zero-order valence-electron chi connectivity index (χ0n) is 16.6. The highest BCUT2D eigenvalue weighted by molar-refractivity contribution is 5.99. The minimum absolute atomic E-state index is 0.0635. The van der Waals surface area contributed by atoms with Gasteiger partial charge < -0.3 is 19.7 Å². The number of ether oxygens (including phenoxy) is 2. The van der Waals surface area contributed by atoms with Gasteiger partial charge in [0.1, 0.15) is 0 Å². The number of hydrogen-bond donors (Lipinski definition) is 1. The highest BCUT2D eigenvalue weighted by atomic mass is 16.7. The molecule has 0 bridgehead atoms. The van der Waals surface area contributed by atoms with Gasteiger partial charge in [0.05, 0.1) is 13.2 Å². The second-order valence-electron chi connectivity index (χ2n) is 7.59. The Morgan fingerprint density at radius 1 is 1.00 bits per heavy atom. The lowest BCUT2D eigenvalue weighted by Crippen LogP contribution is -2.47. The van der Waals surface area contributed by atoms with E-state index in [1.165, 1.54) is 0 Å². The lowest BCUT2D eigenvalue weighted by atomic mass is 10.0. The molecule has 0 saturated carbocycles. The summed E-state index contributed by atoms with van der Waals surface area (Å²) in [4.78, 5) is 27.3. The van der Waals surface area contributed by atoms with Crippen LogP contribution in [-0.2, 0) is 16.0 Å². The first-order valence-corrected chi connectivity index (χ1v) is 10.1. The van der Waals surface area contributed by atoms with E-state index >= 15 is 0 Å². The molecule has 6 nitrogen and oxygen atoms in total. The van der Waals surface area contributed by atoms with E-state index in [4.69, 9.17) is 9.47 Å². The fraction of sp³-hybridized carbons (Fsp3) is 0.391. The first-order valence-electron chi connectivity index (χ1n) is 10.1. The van der Waals surface area contributed by atoms with Gasteiger partial charge in [-0.25, -0.2) is 0 Å². The molecule has 0 atom stereocenters. The molecule has 2 aromatic carbocycles. The summed E-state index contributed by atoms with van der Waals surface area (Å²) in [5.74, 6) is -0.756. The predicted molar refractivity (Wildman–Crippen MR) is 109 cm³/mol. The van der Waals surface area contributed by atoms with Gasteiger partial charge >= 0.3 is 0 Å². The number of carbonyl (C=O) groups excluding carboxylic acids is 2. The lowest BCUT2D eigenvalue weighted by molar-refractivity contribution is -0.181. The summed E-state index contributed by atoms with van der Waals surface area (Å²) < 4.78 is 11.4. The van der Waals surface area contributed by atoms with E-state index in [-0.39, 0.29) is 11.8 Å². The highest BCUT2D eigenvalue weighted by Gasteiger charge is 2.40. The number of amides is 2. The molecule has 152 valence electrons. The van der Waals surface area contributed by atoms with Crippen LogP contribution in [0.5, 0.6) is 0 Å².